The van der Waals surface area contributed by atoms with Crippen LogP contribution in [0.2, 0.25) is 0 Å². The van der Waals surface area contributed by atoms with Crippen molar-refractivity contribution in [1.29, 1.82) is 0 Å². The number of amides is 2. The first-order chi connectivity index (χ1) is 8.33. The van der Waals surface area contributed by atoms with Crippen molar-refractivity contribution in [2.75, 3.05) is 6.54 Å². The zero-order valence-electron chi connectivity index (χ0n) is 11.5. The summed E-state index contributed by atoms with van der Waals surface area (Å²) in [6.45, 7) is 5.85. The molecule has 1 rings (SSSR count). The molecule has 3 N–H and O–H groups in total. The summed E-state index contributed by atoms with van der Waals surface area (Å²) in [6, 6.07) is 0.0763. The van der Waals surface area contributed by atoms with Gasteiger partial charge in [-0.2, -0.15) is 0 Å². The second kappa shape index (κ2) is 6.07. The highest BCUT2D eigenvalue weighted by molar-refractivity contribution is 5.75. The van der Waals surface area contributed by atoms with E-state index in [0.29, 0.717) is 18.9 Å². The first-order valence-electron chi connectivity index (χ1n) is 6.60. The molecule has 1 saturated carbocycles. The third-order valence-electron chi connectivity index (χ3n) is 3.79. The number of rotatable bonds is 5. The van der Waals surface area contributed by atoms with Gasteiger partial charge in [-0.25, -0.2) is 4.79 Å². The fraction of sp³-hybridized carbons (Fsp3) is 0.846. The van der Waals surface area contributed by atoms with Crippen molar-refractivity contribution in [3.63, 3.8) is 0 Å². The molecule has 0 spiro atoms. The lowest BCUT2D eigenvalue weighted by Crippen LogP contribution is -2.44. The summed E-state index contributed by atoms with van der Waals surface area (Å²) in [6.07, 6.45) is 3.79. The number of aliphatic carboxylic acids is 1. The van der Waals surface area contributed by atoms with E-state index in [4.69, 9.17) is 5.11 Å². The average Bonchev–Trinajstić information content (AvgIpc) is 2.64. The Bertz CT molecular complexity index is 315. The highest BCUT2D eigenvalue weighted by Crippen LogP contribution is 2.24. The summed E-state index contributed by atoms with van der Waals surface area (Å²) in [5.41, 5.74) is -0.798. The van der Waals surface area contributed by atoms with Crippen LogP contribution in [0.1, 0.15) is 46.5 Å². The van der Waals surface area contributed by atoms with Crippen molar-refractivity contribution in [2.24, 2.45) is 11.3 Å². The SMILES string of the molecule is CC1CCCC1NC(=O)NCCC(C)(C)C(=O)O. The van der Waals surface area contributed by atoms with Crippen molar-refractivity contribution >= 4 is 12.0 Å². The van der Waals surface area contributed by atoms with E-state index in [9.17, 15) is 9.59 Å². The van der Waals surface area contributed by atoms with E-state index >= 15 is 0 Å². The van der Waals surface area contributed by atoms with E-state index < -0.39 is 11.4 Å². The fourth-order valence-corrected chi connectivity index (χ4v) is 2.17. The van der Waals surface area contributed by atoms with E-state index in [0.717, 1.165) is 19.3 Å². The van der Waals surface area contributed by atoms with Crippen LogP contribution in [0.15, 0.2) is 0 Å². The molecule has 1 aliphatic rings. The normalized spacial score (nSPS) is 23.7. The van der Waals surface area contributed by atoms with Gasteiger partial charge in [-0.3, -0.25) is 4.79 Å². The number of urea groups is 1. The van der Waals surface area contributed by atoms with E-state index in [2.05, 4.69) is 17.6 Å². The van der Waals surface area contributed by atoms with Gasteiger partial charge in [0.25, 0.3) is 0 Å². The van der Waals surface area contributed by atoms with Crippen LogP contribution in [0.4, 0.5) is 4.79 Å². The molecule has 18 heavy (non-hydrogen) atoms. The maximum atomic E-state index is 11.6. The van der Waals surface area contributed by atoms with Crippen molar-refractivity contribution in [3.05, 3.63) is 0 Å². The molecule has 0 saturated heterocycles. The molecule has 0 aliphatic heterocycles. The number of hydrogen-bond acceptors (Lipinski definition) is 2. The number of carbonyl (C=O) groups is 2. The second-order valence-electron chi connectivity index (χ2n) is 5.85. The van der Waals surface area contributed by atoms with Gasteiger partial charge in [-0.05, 0) is 39.0 Å². The molecule has 0 aromatic carbocycles. The van der Waals surface area contributed by atoms with Crippen molar-refractivity contribution in [1.82, 2.24) is 10.6 Å². The van der Waals surface area contributed by atoms with E-state index in [1.807, 2.05) is 0 Å². The lowest BCUT2D eigenvalue weighted by molar-refractivity contribution is -0.147. The Morgan fingerprint density at radius 3 is 2.50 bits per heavy atom. The highest BCUT2D eigenvalue weighted by Gasteiger charge is 2.27. The van der Waals surface area contributed by atoms with E-state index in [-0.39, 0.29) is 12.1 Å². The van der Waals surface area contributed by atoms with Crippen LogP contribution in [0.3, 0.4) is 0 Å². The van der Waals surface area contributed by atoms with Crippen molar-refractivity contribution < 1.29 is 14.7 Å². The number of nitrogens with one attached hydrogen (secondary N) is 2. The Balaban J connectivity index is 2.23. The minimum absolute atomic E-state index is 0.185. The van der Waals surface area contributed by atoms with Crippen LogP contribution < -0.4 is 10.6 Å². The van der Waals surface area contributed by atoms with Crippen LogP contribution in [-0.2, 0) is 4.79 Å². The van der Waals surface area contributed by atoms with Gasteiger partial charge in [-0.15, -0.1) is 0 Å². The molecule has 0 aromatic heterocycles. The number of carbonyl (C=O) groups excluding carboxylic acids is 1. The summed E-state index contributed by atoms with van der Waals surface area (Å²) >= 11 is 0. The molecule has 104 valence electrons. The minimum Gasteiger partial charge on any atom is -0.481 e. The van der Waals surface area contributed by atoms with Crippen LogP contribution in [-0.4, -0.2) is 29.7 Å². The van der Waals surface area contributed by atoms with Gasteiger partial charge in [0.05, 0.1) is 5.41 Å². The average molecular weight is 256 g/mol. The van der Waals surface area contributed by atoms with Gasteiger partial charge in [0.1, 0.15) is 0 Å². The first kappa shape index (κ1) is 14.8. The van der Waals surface area contributed by atoms with Crippen LogP contribution >= 0.6 is 0 Å². The minimum atomic E-state index is -0.839. The highest BCUT2D eigenvalue weighted by atomic mass is 16.4. The van der Waals surface area contributed by atoms with E-state index in [1.54, 1.807) is 13.8 Å². The Labute approximate surface area is 108 Å². The van der Waals surface area contributed by atoms with Gasteiger partial charge in [0.2, 0.25) is 0 Å². The van der Waals surface area contributed by atoms with Crippen LogP contribution in [0.25, 0.3) is 0 Å². The maximum Gasteiger partial charge on any atom is 0.315 e. The van der Waals surface area contributed by atoms with Crippen LogP contribution in [0, 0.1) is 11.3 Å². The first-order valence-corrected chi connectivity index (χ1v) is 6.60. The molecule has 1 fully saturated rings. The quantitative estimate of drug-likeness (QED) is 0.703. The Hall–Kier alpha value is -1.26. The standard InChI is InChI=1S/C13H24N2O3/c1-9-5-4-6-10(9)15-12(18)14-8-7-13(2,3)11(16)17/h9-10H,4-8H2,1-3H3,(H,16,17)(H2,14,15,18). The molecule has 5 heteroatoms. The van der Waals surface area contributed by atoms with Crippen molar-refractivity contribution in [2.45, 2.75) is 52.5 Å². The predicted octanol–water partition coefficient (Wildman–Crippen LogP) is 1.98. The lowest BCUT2D eigenvalue weighted by Gasteiger charge is -2.21. The topological polar surface area (TPSA) is 78.4 Å². The zero-order valence-corrected chi connectivity index (χ0v) is 11.5. The molecule has 1 aliphatic carbocycles. The Kier molecular flexibility index (Phi) is 4.99. The fourth-order valence-electron chi connectivity index (χ4n) is 2.17. The number of carboxylic acids is 1. The summed E-state index contributed by atoms with van der Waals surface area (Å²) in [7, 11) is 0. The summed E-state index contributed by atoms with van der Waals surface area (Å²) < 4.78 is 0. The largest absolute Gasteiger partial charge is 0.481 e. The predicted molar refractivity (Wildman–Crippen MR) is 69.4 cm³/mol. The van der Waals surface area contributed by atoms with Gasteiger partial charge in [-0.1, -0.05) is 13.3 Å². The van der Waals surface area contributed by atoms with Gasteiger partial charge in [0.15, 0.2) is 0 Å². The van der Waals surface area contributed by atoms with Gasteiger partial charge >= 0.3 is 12.0 Å². The van der Waals surface area contributed by atoms with Gasteiger partial charge < -0.3 is 15.7 Å². The molecule has 0 bridgehead atoms. The summed E-state index contributed by atoms with van der Waals surface area (Å²) in [5, 5.41) is 14.6. The monoisotopic (exact) mass is 256 g/mol. The van der Waals surface area contributed by atoms with Gasteiger partial charge in [0, 0.05) is 12.6 Å². The molecule has 2 unspecified atom stereocenters. The number of carboxylic acid groups (broad SMARTS) is 1. The van der Waals surface area contributed by atoms with E-state index in [1.165, 1.54) is 0 Å². The third-order valence-corrected chi connectivity index (χ3v) is 3.79. The molecule has 5 nitrogen and oxygen atoms in total. The molecule has 0 radical (unpaired) electrons. The Morgan fingerprint density at radius 2 is 2.00 bits per heavy atom. The maximum absolute atomic E-state index is 11.6. The smallest absolute Gasteiger partial charge is 0.315 e. The number of hydrogen-bond donors (Lipinski definition) is 3. The molecule has 2 amide bonds. The lowest BCUT2D eigenvalue weighted by atomic mass is 9.90. The summed E-state index contributed by atoms with van der Waals surface area (Å²) in [4.78, 5) is 22.5. The summed E-state index contributed by atoms with van der Waals surface area (Å²) in [5.74, 6) is -0.305. The molecule has 0 heterocycles. The third kappa shape index (κ3) is 4.20. The molecular weight excluding hydrogens is 232 g/mol. The molecular formula is C13H24N2O3. The Morgan fingerprint density at radius 1 is 1.33 bits per heavy atom. The van der Waals surface area contributed by atoms with Crippen LogP contribution in [0.5, 0.6) is 0 Å². The van der Waals surface area contributed by atoms with Crippen molar-refractivity contribution in [3.8, 4) is 0 Å². The second-order valence-corrected chi connectivity index (χ2v) is 5.85. The molecule has 2 atom stereocenters. The molecule has 0 aromatic rings. The zero-order chi connectivity index (χ0) is 13.8.